The Bertz CT molecular complexity index is 115. The smallest absolute Gasteiger partial charge is 0.0332 e. The van der Waals surface area contributed by atoms with Crippen LogP contribution in [-0.2, 0) is 0 Å². The standard InChI is InChI=1S/C2H2N2O2/c5-3-1-2-4(3)6/h1-2H/q-2. The first-order valence-corrected chi connectivity index (χ1v) is 1.41. The fraction of sp³-hybridized carbons (Fsp3) is 0. The summed E-state index contributed by atoms with van der Waals surface area (Å²) < 4.78 is 0. The van der Waals surface area contributed by atoms with E-state index in [9.17, 15) is 10.4 Å². The van der Waals surface area contributed by atoms with Gasteiger partial charge in [-0.15, -0.1) is 0 Å². The van der Waals surface area contributed by atoms with E-state index in [0.717, 1.165) is 12.4 Å². The van der Waals surface area contributed by atoms with E-state index in [4.69, 9.17) is 0 Å². The van der Waals surface area contributed by atoms with Crippen molar-refractivity contribution in [1.82, 2.24) is 9.69 Å². The van der Waals surface area contributed by atoms with Gasteiger partial charge >= 0.3 is 0 Å². The summed E-state index contributed by atoms with van der Waals surface area (Å²) in [6, 6.07) is 0. The molecular formula is C2H2N2O2-2. The Morgan fingerprint density at radius 1 is 1.00 bits per heavy atom. The van der Waals surface area contributed by atoms with E-state index in [-0.39, 0.29) is 9.69 Å². The van der Waals surface area contributed by atoms with Gasteiger partial charge in [-0.3, -0.25) is 0 Å². The van der Waals surface area contributed by atoms with Gasteiger partial charge in [0.15, 0.2) is 0 Å². The van der Waals surface area contributed by atoms with Crippen LogP contribution in [0.15, 0.2) is 12.4 Å². The summed E-state index contributed by atoms with van der Waals surface area (Å²) in [5.74, 6) is 0. The Kier molecular flexibility index (Phi) is 0.370. The van der Waals surface area contributed by atoms with Gasteiger partial charge in [-0.1, -0.05) is 0 Å². The Hall–Kier alpha value is -1.06. The van der Waals surface area contributed by atoms with Crippen LogP contribution in [0.5, 0.6) is 0 Å². The van der Waals surface area contributed by atoms with Crippen LogP contribution in [0.2, 0.25) is 0 Å². The summed E-state index contributed by atoms with van der Waals surface area (Å²) in [5, 5.41) is 19.3. The van der Waals surface area contributed by atoms with Crippen molar-refractivity contribution in [2.45, 2.75) is 0 Å². The van der Waals surface area contributed by atoms with Crippen molar-refractivity contribution in [3.63, 3.8) is 0 Å². The van der Waals surface area contributed by atoms with Crippen LogP contribution in [0, 0.1) is 10.4 Å². The molecule has 0 atom stereocenters. The van der Waals surface area contributed by atoms with Crippen LogP contribution < -0.4 is 0 Å². The Morgan fingerprint density at radius 3 is 1.33 bits per heavy atom. The highest BCUT2D eigenvalue weighted by molar-refractivity contribution is 4.79. The van der Waals surface area contributed by atoms with E-state index in [1.807, 2.05) is 0 Å². The van der Waals surface area contributed by atoms with Crippen LogP contribution in [0.4, 0.5) is 0 Å². The van der Waals surface area contributed by atoms with E-state index in [1.165, 1.54) is 0 Å². The number of hydrogen-bond acceptors (Lipinski definition) is 2. The van der Waals surface area contributed by atoms with E-state index in [2.05, 4.69) is 0 Å². The molecule has 0 aliphatic rings. The zero-order chi connectivity index (χ0) is 4.57. The minimum Gasteiger partial charge on any atom is -0.792 e. The predicted molar refractivity (Wildman–Crippen MR) is 20.0 cm³/mol. The molecule has 0 saturated carbocycles. The highest BCUT2D eigenvalue weighted by atomic mass is 16.6. The highest BCUT2D eigenvalue weighted by Crippen LogP contribution is 1.83. The first-order valence-electron chi connectivity index (χ1n) is 1.41. The Labute approximate surface area is 33.7 Å². The molecule has 0 bridgehead atoms. The normalized spacial score (nSPS) is 9.33. The van der Waals surface area contributed by atoms with Gasteiger partial charge in [0.2, 0.25) is 0 Å². The molecule has 1 heterocycles. The fourth-order valence-corrected chi connectivity index (χ4v) is 0.176. The monoisotopic (exact) mass is 86.0 g/mol. The van der Waals surface area contributed by atoms with E-state index in [0.29, 0.717) is 0 Å². The van der Waals surface area contributed by atoms with Crippen LogP contribution in [0.1, 0.15) is 0 Å². The Balaban J connectivity index is 2.87. The largest absolute Gasteiger partial charge is 0.792 e. The molecule has 34 valence electrons. The maximum absolute atomic E-state index is 9.67. The second-order valence-electron chi connectivity index (χ2n) is 0.903. The lowest BCUT2D eigenvalue weighted by Gasteiger charge is -2.27. The van der Waals surface area contributed by atoms with Gasteiger partial charge in [0, 0.05) is 12.4 Å². The average molecular weight is 86.0 g/mol. The molecule has 0 saturated heterocycles. The average Bonchev–Trinajstić information content (AvgIpc) is 1.61. The van der Waals surface area contributed by atoms with Gasteiger partial charge < -0.3 is 20.1 Å². The lowest BCUT2D eigenvalue weighted by atomic mass is 10.9. The number of nitrogens with zero attached hydrogens (tertiary/aromatic N) is 2. The third-order valence-electron chi connectivity index (χ3n) is 0.516. The summed E-state index contributed by atoms with van der Waals surface area (Å²) >= 11 is 0. The van der Waals surface area contributed by atoms with Crippen molar-refractivity contribution < 1.29 is 0 Å². The second kappa shape index (κ2) is 0.707. The van der Waals surface area contributed by atoms with Gasteiger partial charge in [0.1, 0.15) is 0 Å². The van der Waals surface area contributed by atoms with Gasteiger partial charge in [-0.2, -0.15) is 0 Å². The number of rotatable bonds is 0. The molecule has 6 heavy (non-hydrogen) atoms. The Morgan fingerprint density at radius 2 is 1.33 bits per heavy atom. The van der Waals surface area contributed by atoms with E-state index in [1.54, 1.807) is 0 Å². The van der Waals surface area contributed by atoms with Crippen molar-refractivity contribution in [2.24, 2.45) is 0 Å². The van der Waals surface area contributed by atoms with Gasteiger partial charge in [0.25, 0.3) is 0 Å². The quantitative estimate of drug-likeness (QED) is 0.445. The molecule has 0 spiro atoms. The first kappa shape index (κ1) is 3.14. The molecule has 1 rings (SSSR count). The second-order valence-corrected chi connectivity index (χ2v) is 0.903. The van der Waals surface area contributed by atoms with Gasteiger partial charge in [-0.25, -0.2) is 0 Å². The van der Waals surface area contributed by atoms with Gasteiger partial charge in [0.05, 0.1) is 0 Å². The summed E-state index contributed by atoms with van der Waals surface area (Å²) in [7, 11) is 0. The number of aromatic nitrogens is 2. The summed E-state index contributed by atoms with van der Waals surface area (Å²) in [5.41, 5.74) is 0. The third kappa shape index (κ3) is 0.176. The molecule has 0 radical (unpaired) electrons. The van der Waals surface area contributed by atoms with Crippen molar-refractivity contribution in [3.05, 3.63) is 22.8 Å². The van der Waals surface area contributed by atoms with Crippen LogP contribution in [0.3, 0.4) is 0 Å². The molecule has 0 aliphatic heterocycles. The van der Waals surface area contributed by atoms with Crippen LogP contribution in [-0.4, -0.2) is 9.69 Å². The molecule has 0 amide bonds. The molecule has 0 N–H and O–H groups in total. The van der Waals surface area contributed by atoms with E-state index < -0.39 is 0 Å². The van der Waals surface area contributed by atoms with Crippen molar-refractivity contribution in [1.29, 1.82) is 0 Å². The summed E-state index contributed by atoms with van der Waals surface area (Å²) in [4.78, 5) is 0.389. The molecule has 1 aromatic heterocycles. The molecular weight excluding hydrogens is 84.0 g/mol. The van der Waals surface area contributed by atoms with Crippen LogP contribution >= 0.6 is 0 Å². The van der Waals surface area contributed by atoms with Crippen molar-refractivity contribution in [2.75, 3.05) is 0 Å². The maximum atomic E-state index is 9.67. The molecule has 0 unspecified atom stereocenters. The zero-order valence-corrected chi connectivity index (χ0v) is 2.87. The fourth-order valence-electron chi connectivity index (χ4n) is 0.176. The van der Waals surface area contributed by atoms with E-state index >= 15 is 0 Å². The van der Waals surface area contributed by atoms with Crippen molar-refractivity contribution >= 4 is 0 Å². The molecule has 4 nitrogen and oxygen atoms in total. The molecule has 4 heteroatoms. The molecule has 0 aromatic carbocycles. The molecule has 0 fully saturated rings. The van der Waals surface area contributed by atoms with Gasteiger partial charge in [-0.05, 0) is 0 Å². The topological polar surface area (TPSA) is 56.0 Å². The predicted octanol–water partition coefficient (Wildman–Crippen LogP) is -0.0186. The summed E-state index contributed by atoms with van der Waals surface area (Å²) in [6.07, 6.45) is 2.26. The SMILES string of the molecule is [O-]n1ccn1[O-]. The number of hydrogen-bond donors (Lipinski definition) is 0. The summed E-state index contributed by atoms with van der Waals surface area (Å²) in [6.45, 7) is 0. The minimum absolute atomic E-state index is 0.194. The van der Waals surface area contributed by atoms with Crippen molar-refractivity contribution in [3.8, 4) is 0 Å². The zero-order valence-electron chi connectivity index (χ0n) is 2.87. The lowest BCUT2D eigenvalue weighted by molar-refractivity contribution is 0.661. The maximum Gasteiger partial charge on any atom is 0.0332 e. The lowest BCUT2D eigenvalue weighted by Crippen LogP contribution is -2.08. The molecule has 1 aromatic rings. The first-order chi connectivity index (χ1) is 2.80. The highest BCUT2D eigenvalue weighted by Gasteiger charge is 1.69. The molecule has 0 aliphatic carbocycles. The third-order valence-corrected chi connectivity index (χ3v) is 0.516. The minimum atomic E-state index is 0.194. The van der Waals surface area contributed by atoms with Crippen LogP contribution in [0.25, 0.3) is 0 Å².